The molecular formula is C37H47N5O6. The van der Waals surface area contributed by atoms with Gasteiger partial charge in [0.05, 0.1) is 19.4 Å². The lowest BCUT2D eigenvalue weighted by molar-refractivity contribution is -0.124. The molecule has 3 aliphatic carbocycles. The predicted octanol–water partition coefficient (Wildman–Crippen LogP) is 7.01. The third kappa shape index (κ3) is 7.51. The number of ether oxygens (including phenoxy) is 3. The van der Waals surface area contributed by atoms with Crippen LogP contribution in [0.3, 0.4) is 0 Å². The molecule has 7 rings (SSSR count). The predicted molar refractivity (Wildman–Crippen MR) is 179 cm³/mol. The zero-order valence-corrected chi connectivity index (χ0v) is 28.1. The van der Waals surface area contributed by atoms with Crippen LogP contribution < -0.4 is 9.64 Å². The van der Waals surface area contributed by atoms with Crippen molar-refractivity contribution in [3.63, 3.8) is 0 Å². The van der Waals surface area contributed by atoms with E-state index in [1.54, 1.807) is 24.5 Å². The Morgan fingerprint density at radius 2 is 1.77 bits per heavy atom. The molecule has 0 spiro atoms. The van der Waals surface area contributed by atoms with Crippen molar-refractivity contribution >= 4 is 17.8 Å². The number of methoxy groups -OCH3 is 1. The molecule has 3 aromatic heterocycles. The van der Waals surface area contributed by atoms with Crippen LogP contribution in [0.25, 0.3) is 11.3 Å². The topological polar surface area (TPSA) is 120 Å². The van der Waals surface area contributed by atoms with E-state index in [-0.39, 0.29) is 30.8 Å². The van der Waals surface area contributed by atoms with E-state index in [1.165, 1.54) is 0 Å². The number of aromatic nitrogens is 3. The van der Waals surface area contributed by atoms with Crippen LogP contribution in [-0.2, 0) is 14.3 Å². The standard InChI is InChI=1S/C37H47N5O6/c1-24-33(45-2)15-14-31(39-24)26-6-4-25(5-7-26)21-42(34-20-29(16-17-38-34)32-22-47-35(40-32)27-8-9-27)36(43)28-10-12-30(13-11-28)48-37(44)41-18-3-19-46-23-41/h14-17,20,22,25-28,30H,3-13,18-19,21,23H2,1-2H3. The summed E-state index contributed by atoms with van der Waals surface area (Å²) in [6.45, 7) is 4.22. The van der Waals surface area contributed by atoms with Gasteiger partial charge in [-0.1, -0.05) is 0 Å². The van der Waals surface area contributed by atoms with Gasteiger partial charge in [0.1, 0.15) is 36.4 Å². The average Bonchev–Trinajstić information content (AvgIpc) is 3.87. The van der Waals surface area contributed by atoms with Gasteiger partial charge in [0.15, 0.2) is 5.89 Å². The fraction of sp³-hybridized carbons (Fsp3) is 0.595. The Bertz CT molecular complexity index is 1570. The highest BCUT2D eigenvalue weighted by molar-refractivity contribution is 5.94. The Labute approximate surface area is 282 Å². The number of rotatable bonds is 9. The summed E-state index contributed by atoms with van der Waals surface area (Å²) in [4.78, 5) is 44.9. The van der Waals surface area contributed by atoms with E-state index in [1.807, 2.05) is 30.0 Å². The number of amides is 2. The zero-order valence-electron chi connectivity index (χ0n) is 28.1. The minimum absolute atomic E-state index is 0.0993. The van der Waals surface area contributed by atoms with E-state index in [0.717, 1.165) is 79.2 Å². The van der Waals surface area contributed by atoms with Gasteiger partial charge in [0, 0.05) is 48.3 Å². The van der Waals surface area contributed by atoms with Crippen molar-refractivity contribution in [1.29, 1.82) is 0 Å². The van der Waals surface area contributed by atoms with Crippen LogP contribution in [0, 0.1) is 18.8 Å². The molecule has 11 heteroatoms. The molecule has 0 aromatic carbocycles. The number of hydrogen-bond acceptors (Lipinski definition) is 9. The van der Waals surface area contributed by atoms with Gasteiger partial charge in [-0.05, 0) is 108 Å². The van der Waals surface area contributed by atoms with Crippen LogP contribution in [-0.4, -0.2) is 71.5 Å². The van der Waals surface area contributed by atoms with Crippen molar-refractivity contribution in [2.24, 2.45) is 11.8 Å². The fourth-order valence-corrected chi connectivity index (χ4v) is 7.48. The maximum atomic E-state index is 14.4. The number of pyridine rings is 2. The quantitative estimate of drug-likeness (QED) is 0.239. The highest BCUT2D eigenvalue weighted by Gasteiger charge is 2.35. The van der Waals surface area contributed by atoms with E-state index in [9.17, 15) is 9.59 Å². The number of hydrogen-bond donors (Lipinski definition) is 0. The van der Waals surface area contributed by atoms with Gasteiger partial charge in [-0.15, -0.1) is 0 Å². The first-order chi connectivity index (χ1) is 23.4. The zero-order chi connectivity index (χ0) is 33.0. The molecule has 1 saturated heterocycles. The first-order valence-electron chi connectivity index (χ1n) is 17.7. The summed E-state index contributed by atoms with van der Waals surface area (Å²) < 4.78 is 22.4. The van der Waals surface area contributed by atoms with E-state index >= 15 is 0 Å². The molecule has 4 heterocycles. The molecule has 0 unspecified atom stereocenters. The maximum Gasteiger partial charge on any atom is 0.411 e. The number of oxazole rings is 1. The van der Waals surface area contributed by atoms with Gasteiger partial charge in [-0.3, -0.25) is 19.6 Å². The first kappa shape index (κ1) is 32.6. The van der Waals surface area contributed by atoms with Gasteiger partial charge >= 0.3 is 6.09 Å². The lowest BCUT2D eigenvalue weighted by atomic mass is 9.79. The molecule has 48 heavy (non-hydrogen) atoms. The molecule has 1 aliphatic heterocycles. The lowest BCUT2D eigenvalue weighted by Crippen LogP contribution is -2.43. The second-order valence-corrected chi connectivity index (χ2v) is 13.9. The second kappa shape index (κ2) is 14.6. The van der Waals surface area contributed by atoms with Crippen molar-refractivity contribution in [3.8, 4) is 17.0 Å². The highest BCUT2D eigenvalue weighted by atomic mass is 16.6. The van der Waals surface area contributed by atoms with Gasteiger partial charge in [0.2, 0.25) is 5.91 Å². The molecule has 4 aliphatic rings. The summed E-state index contributed by atoms with van der Waals surface area (Å²) in [5, 5.41) is 0. The van der Waals surface area contributed by atoms with Gasteiger partial charge in [-0.25, -0.2) is 14.8 Å². The van der Waals surface area contributed by atoms with Gasteiger partial charge < -0.3 is 18.6 Å². The van der Waals surface area contributed by atoms with Crippen molar-refractivity contribution in [3.05, 3.63) is 54.0 Å². The van der Waals surface area contributed by atoms with Crippen LogP contribution in [0.1, 0.15) is 99.7 Å². The molecule has 256 valence electrons. The summed E-state index contributed by atoms with van der Waals surface area (Å²) in [5.41, 5.74) is 3.71. The van der Waals surface area contributed by atoms with Crippen LogP contribution in [0.4, 0.5) is 10.6 Å². The third-order valence-corrected chi connectivity index (χ3v) is 10.5. The molecule has 0 radical (unpaired) electrons. The Kier molecular flexibility index (Phi) is 9.93. The molecule has 4 fully saturated rings. The number of carbonyl (C=O) groups excluding carboxylic acids is 2. The van der Waals surface area contributed by atoms with Gasteiger partial charge in [0.25, 0.3) is 0 Å². The highest BCUT2D eigenvalue weighted by Crippen LogP contribution is 2.41. The molecule has 0 atom stereocenters. The minimum atomic E-state index is -0.319. The molecule has 0 bridgehead atoms. The largest absolute Gasteiger partial charge is 0.495 e. The first-order valence-corrected chi connectivity index (χ1v) is 17.7. The summed E-state index contributed by atoms with van der Waals surface area (Å²) in [7, 11) is 1.68. The van der Waals surface area contributed by atoms with Crippen LogP contribution in [0.15, 0.2) is 41.1 Å². The Hall–Kier alpha value is -3.99. The van der Waals surface area contributed by atoms with Gasteiger partial charge in [-0.2, -0.15) is 0 Å². The van der Waals surface area contributed by atoms with Crippen molar-refractivity contribution in [1.82, 2.24) is 19.9 Å². The Morgan fingerprint density at radius 3 is 2.48 bits per heavy atom. The minimum Gasteiger partial charge on any atom is -0.495 e. The summed E-state index contributed by atoms with van der Waals surface area (Å²) in [6.07, 6.45) is 12.8. The van der Waals surface area contributed by atoms with E-state index < -0.39 is 0 Å². The SMILES string of the molecule is COc1ccc(C2CCC(CN(C(=O)C3CCC(OC(=O)N4CCCOC4)CC3)c3cc(-c4coc(C5CC5)n4)ccn3)CC2)nc1C. The average molecular weight is 658 g/mol. The van der Waals surface area contributed by atoms with E-state index in [0.29, 0.717) is 69.0 Å². The lowest BCUT2D eigenvalue weighted by Gasteiger charge is -2.36. The number of aryl methyl sites for hydroxylation is 1. The second-order valence-electron chi connectivity index (χ2n) is 13.9. The van der Waals surface area contributed by atoms with Crippen LogP contribution in [0.5, 0.6) is 5.75 Å². The Morgan fingerprint density at radius 1 is 0.979 bits per heavy atom. The van der Waals surface area contributed by atoms with E-state index in [2.05, 4.69) is 6.07 Å². The normalized spacial score (nSPS) is 24.6. The Balaban J connectivity index is 1.04. The summed E-state index contributed by atoms with van der Waals surface area (Å²) >= 11 is 0. The smallest absolute Gasteiger partial charge is 0.411 e. The summed E-state index contributed by atoms with van der Waals surface area (Å²) in [5.74, 6) is 3.39. The number of nitrogens with zero attached hydrogens (tertiary/aromatic N) is 5. The van der Waals surface area contributed by atoms with Crippen molar-refractivity contribution < 1.29 is 28.2 Å². The fourth-order valence-electron chi connectivity index (χ4n) is 7.48. The molecule has 3 aromatic rings. The molecule has 2 amide bonds. The number of carbonyl (C=O) groups is 2. The molecule has 0 N–H and O–H groups in total. The molecule has 11 nitrogen and oxygen atoms in total. The van der Waals surface area contributed by atoms with Crippen LogP contribution >= 0.6 is 0 Å². The number of anilines is 1. The molecular weight excluding hydrogens is 610 g/mol. The van der Waals surface area contributed by atoms with E-state index in [4.69, 9.17) is 33.6 Å². The van der Waals surface area contributed by atoms with Crippen LogP contribution in [0.2, 0.25) is 0 Å². The molecule has 3 saturated carbocycles. The van der Waals surface area contributed by atoms with Crippen molar-refractivity contribution in [2.45, 2.75) is 95.5 Å². The summed E-state index contributed by atoms with van der Waals surface area (Å²) in [6, 6.07) is 8.02. The van der Waals surface area contributed by atoms with Crippen molar-refractivity contribution in [2.75, 3.05) is 38.4 Å². The maximum absolute atomic E-state index is 14.4. The monoisotopic (exact) mass is 657 g/mol. The third-order valence-electron chi connectivity index (χ3n) is 10.5.